The highest BCUT2D eigenvalue weighted by molar-refractivity contribution is 6.30. The van der Waals surface area contributed by atoms with Crippen molar-refractivity contribution in [3.8, 4) is 0 Å². The highest BCUT2D eigenvalue weighted by atomic mass is 35.5. The number of carboxylic acids is 2. The van der Waals surface area contributed by atoms with Gasteiger partial charge in [-0.25, -0.2) is 9.59 Å². The molecule has 1 aliphatic rings. The number of benzene rings is 2. The van der Waals surface area contributed by atoms with Crippen molar-refractivity contribution in [2.75, 3.05) is 0 Å². The van der Waals surface area contributed by atoms with E-state index in [2.05, 4.69) is 0 Å². The molecule has 0 saturated heterocycles. The topological polar surface area (TPSA) is 74.6 Å². The Morgan fingerprint density at radius 1 is 0.700 bits per heavy atom. The first kappa shape index (κ1) is 22.1. The van der Waals surface area contributed by atoms with Crippen molar-refractivity contribution >= 4 is 47.3 Å². The van der Waals surface area contributed by atoms with Gasteiger partial charge in [-0.15, -0.1) is 0 Å². The van der Waals surface area contributed by atoms with E-state index >= 15 is 0 Å². The zero-order chi connectivity index (χ0) is 21.7. The Bertz CT molecular complexity index is 894. The zero-order valence-corrected chi connectivity index (χ0v) is 17.7. The largest absolute Gasteiger partial charge is 0.478 e. The molecule has 0 aromatic heterocycles. The van der Waals surface area contributed by atoms with Gasteiger partial charge in [-0.3, -0.25) is 0 Å². The molecule has 0 aliphatic heterocycles. The van der Waals surface area contributed by atoms with Gasteiger partial charge in [0.1, 0.15) is 0 Å². The summed E-state index contributed by atoms with van der Waals surface area (Å²) in [5.74, 6) is -2.83. The number of aliphatic carboxylic acids is 2. The molecule has 0 unspecified atom stereocenters. The molecule has 2 atom stereocenters. The van der Waals surface area contributed by atoms with E-state index in [9.17, 15) is 19.8 Å². The molecule has 0 spiro atoms. The number of carbonyl (C=O) groups is 2. The van der Waals surface area contributed by atoms with Gasteiger partial charge in [0.25, 0.3) is 0 Å². The molecule has 2 aromatic rings. The van der Waals surface area contributed by atoms with E-state index in [4.69, 9.17) is 23.2 Å². The summed E-state index contributed by atoms with van der Waals surface area (Å²) in [6, 6.07) is 13.8. The lowest BCUT2D eigenvalue weighted by Gasteiger charge is -2.32. The number of hydrogen-bond donors (Lipinski definition) is 2. The van der Waals surface area contributed by atoms with Crippen LogP contribution in [0, 0.1) is 11.8 Å². The average Bonchev–Trinajstić information content (AvgIpc) is 2.72. The molecule has 156 valence electrons. The summed E-state index contributed by atoms with van der Waals surface area (Å²) in [4.78, 5) is 24.3. The first-order valence-electron chi connectivity index (χ1n) is 9.76. The Hall–Kier alpha value is -2.56. The van der Waals surface area contributed by atoms with Crippen molar-refractivity contribution in [3.63, 3.8) is 0 Å². The third-order valence-corrected chi connectivity index (χ3v) is 5.95. The molecule has 1 saturated carbocycles. The van der Waals surface area contributed by atoms with Crippen LogP contribution >= 0.6 is 23.2 Å². The summed E-state index contributed by atoms with van der Waals surface area (Å²) < 4.78 is 0. The summed E-state index contributed by atoms with van der Waals surface area (Å²) in [6.45, 7) is 0. The highest BCUT2D eigenvalue weighted by Gasteiger charge is 2.35. The number of hydrogen-bond acceptors (Lipinski definition) is 2. The summed E-state index contributed by atoms with van der Waals surface area (Å²) in [6.07, 6.45) is 6.23. The second-order valence-electron chi connectivity index (χ2n) is 7.41. The van der Waals surface area contributed by atoms with E-state index in [1.165, 1.54) is 0 Å². The molecule has 0 bridgehead atoms. The fourth-order valence-electron chi connectivity index (χ4n) is 4.01. The van der Waals surface area contributed by atoms with Crippen LogP contribution < -0.4 is 0 Å². The summed E-state index contributed by atoms with van der Waals surface area (Å²) in [5, 5.41) is 21.0. The Morgan fingerprint density at radius 2 is 1.03 bits per heavy atom. The maximum atomic E-state index is 12.1. The number of carboxylic acid groups (broad SMARTS) is 2. The minimum absolute atomic E-state index is 0.227. The standard InChI is InChI=1S/C24H22Cl2O4/c25-17-9-5-15(6-10-17)13-21(23(27)28)19-3-1-2-4-20(19)22(24(29)30)14-16-7-11-18(26)12-8-16/h5-14,19-20H,1-4H2,(H,27,28)(H,29,30)/b21-13+,22-14+/t19-,20-/m0/s1. The van der Waals surface area contributed by atoms with Crippen molar-refractivity contribution in [3.05, 3.63) is 80.8 Å². The van der Waals surface area contributed by atoms with Crippen LogP contribution in [0.25, 0.3) is 12.2 Å². The van der Waals surface area contributed by atoms with E-state index in [1.54, 1.807) is 60.7 Å². The molecular formula is C24H22Cl2O4. The van der Waals surface area contributed by atoms with Gasteiger partial charge in [0.05, 0.1) is 0 Å². The first-order chi connectivity index (χ1) is 14.3. The highest BCUT2D eigenvalue weighted by Crippen LogP contribution is 2.41. The normalized spacial score (nSPS) is 20.1. The van der Waals surface area contributed by atoms with Crippen molar-refractivity contribution in [1.82, 2.24) is 0 Å². The molecule has 30 heavy (non-hydrogen) atoms. The predicted molar refractivity (Wildman–Crippen MR) is 120 cm³/mol. The molecule has 2 aromatic carbocycles. The van der Waals surface area contributed by atoms with Gasteiger partial charge in [-0.05, 0) is 72.2 Å². The van der Waals surface area contributed by atoms with E-state index in [0.29, 0.717) is 22.9 Å². The number of rotatable bonds is 6. The maximum absolute atomic E-state index is 12.1. The molecule has 1 aliphatic carbocycles. The Labute approximate surface area is 185 Å². The monoisotopic (exact) mass is 444 g/mol. The molecule has 0 heterocycles. The van der Waals surface area contributed by atoms with Crippen LogP contribution in [-0.4, -0.2) is 22.2 Å². The van der Waals surface area contributed by atoms with Crippen LogP contribution in [0.3, 0.4) is 0 Å². The third-order valence-electron chi connectivity index (χ3n) is 5.44. The van der Waals surface area contributed by atoms with E-state index < -0.39 is 11.9 Å². The lowest BCUT2D eigenvalue weighted by Crippen LogP contribution is -2.29. The molecule has 3 rings (SSSR count). The van der Waals surface area contributed by atoms with Crippen molar-refractivity contribution in [2.24, 2.45) is 11.8 Å². The van der Waals surface area contributed by atoms with E-state index in [1.807, 2.05) is 0 Å². The van der Waals surface area contributed by atoms with Gasteiger partial charge >= 0.3 is 11.9 Å². The SMILES string of the molecule is O=C(O)/C(=C/c1ccc(Cl)cc1)[C@H]1CCCC[C@@H]1/C(=C\c1ccc(Cl)cc1)C(=O)O. The molecule has 2 N–H and O–H groups in total. The lowest BCUT2D eigenvalue weighted by atomic mass is 9.71. The van der Waals surface area contributed by atoms with Crippen LogP contribution in [0.1, 0.15) is 36.8 Å². The van der Waals surface area contributed by atoms with Gasteiger partial charge in [0.2, 0.25) is 0 Å². The van der Waals surface area contributed by atoms with Crippen LogP contribution in [0.5, 0.6) is 0 Å². The fraction of sp³-hybridized carbons (Fsp3) is 0.250. The van der Waals surface area contributed by atoms with Crippen LogP contribution in [0.2, 0.25) is 10.0 Å². The first-order valence-corrected chi connectivity index (χ1v) is 10.5. The van der Waals surface area contributed by atoms with Crippen molar-refractivity contribution in [2.45, 2.75) is 25.7 Å². The smallest absolute Gasteiger partial charge is 0.331 e. The Morgan fingerprint density at radius 3 is 1.33 bits per heavy atom. The molecule has 4 nitrogen and oxygen atoms in total. The third kappa shape index (κ3) is 5.53. The van der Waals surface area contributed by atoms with Gasteiger partial charge in [0, 0.05) is 21.2 Å². The predicted octanol–water partition coefficient (Wildman–Crippen LogP) is 6.44. The number of halogens is 2. The molecule has 0 amide bonds. The molecule has 1 fully saturated rings. The van der Waals surface area contributed by atoms with Crippen LogP contribution in [0.4, 0.5) is 0 Å². The van der Waals surface area contributed by atoms with Crippen molar-refractivity contribution in [1.29, 1.82) is 0 Å². The van der Waals surface area contributed by atoms with Gasteiger partial charge in [-0.2, -0.15) is 0 Å². The quantitative estimate of drug-likeness (QED) is 0.502. The second-order valence-corrected chi connectivity index (χ2v) is 8.28. The van der Waals surface area contributed by atoms with Gasteiger partial charge in [0.15, 0.2) is 0 Å². The minimum atomic E-state index is -1.03. The Kier molecular flexibility index (Phi) is 7.35. The molecule has 0 radical (unpaired) electrons. The second kappa shape index (κ2) is 9.96. The summed E-state index contributed by atoms with van der Waals surface area (Å²) in [7, 11) is 0. The minimum Gasteiger partial charge on any atom is -0.478 e. The summed E-state index contributed by atoms with van der Waals surface area (Å²) in [5.41, 5.74) is 1.90. The molecule has 6 heteroatoms. The molecular weight excluding hydrogens is 423 g/mol. The van der Waals surface area contributed by atoms with Crippen LogP contribution in [-0.2, 0) is 9.59 Å². The fourth-order valence-corrected chi connectivity index (χ4v) is 4.26. The Balaban J connectivity index is 2.01. The average molecular weight is 445 g/mol. The maximum Gasteiger partial charge on any atom is 0.331 e. The van der Waals surface area contributed by atoms with Gasteiger partial charge in [-0.1, -0.05) is 60.3 Å². The zero-order valence-electron chi connectivity index (χ0n) is 16.2. The lowest BCUT2D eigenvalue weighted by molar-refractivity contribution is -0.135. The summed E-state index contributed by atoms with van der Waals surface area (Å²) >= 11 is 11.9. The van der Waals surface area contributed by atoms with E-state index in [-0.39, 0.29) is 23.0 Å². The van der Waals surface area contributed by atoms with Crippen molar-refractivity contribution < 1.29 is 19.8 Å². The van der Waals surface area contributed by atoms with E-state index in [0.717, 1.165) is 24.0 Å². The van der Waals surface area contributed by atoms with Gasteiger partial charge < -0.3 is 10.2 Å². The van der Waals surface area contributed by atoms with Crippen LogP contribution in [0.15, 0.2) is 59.7 Å².